The van der Waals surface area contributed by atoms with Crippen molar-refractivity contribution < 1.29 is 37.5 Å². The molecule has 0 amide bonds. The number of hydrogen-bond acceptors (Lipinski definition) is 8. The van der Waals surface area contributed by atoms with E-state index < -0.39 is 23.9 Å². The third kappa shape index (κ3) is 5.94. The zero-order valence-corrected chi connectivity index (χ0v) is 16.1. The maximum Gasteiger partial charge on any atom is 0.425 e. The first-order chi connectivity index (χ1) is 13.2. The molecule has 0 N–H and O–H groups in total. The van der Waals surface area contributed by atoms with E-state index in [1.54, 1.807) is 52.0 Å². The number of ether oxygens (including phenoxy) is 2. The van der Waals surface area contributed by atoms with Crippen molar-refractivity contribution in [3.8, 4) is 0 Å². The molecular formula is C20H22O8. The van der Waals surface area contributed by atoms with Gasteiger partial charge in [0.25, 0.3) is 0 Å². The van der Waals surface area contributed by atoms with Gasteiger partial charge in [-0.1, -0.05) is 13.8 Å². The van der Waals surface area contributed by atoms with Crippen LogP contribution in [-0.2, 0) is 28.7 Å². The molecule has 0 bridgehead atoms. The van der Waals surface area contributed by atoms with Crippen molar-refractivity contribution in [3.05, 3.63) is 47.3 Å². The predicted molar refractivity (Wildman–Crippen MR) is 95.2 cm³/mol. The van der Waals surface area contributed by atoms with Gasteiger partial charge < -0.3 is 18.3 Å². The lowest BCUT2D eigenvalue weighted by Crippen LogP contribution is -2.26. The van der Waals surface area contributed by atoms with Gasteiger partial charge in [-0.3, -0.25) is 9.59 Å². The summed E-state index contributed by atoms with van der Waals surface area (Å²) >= 11 is 0. The topological polar surface area (TPSA) is 113 Å². The number of hydrogen-bond donors (Lipinski definition) is 0. The van der Waals surface area contributed by atoms with Crippen molar-refractivity contribution in [3.63, 3.8) is 0 Å². The van der Waals surface area contributed by atoms with Crippen molar-refractivity contribution in [1.82, 2.24) is 0 Å². The van der Waals surface area contributed by atoms with E-state index in [1.807, 2.05) is 0 Å². The summed E-state index contributed by atoms with van der Waals surface area (Å²) in [5.41, 5.74) is 0. The van der Waals surface area contributed by atoms with E-state index in [4.69, 9.17) is 8.83 Å². The molecule has 2 rings (SSSR count). The number of carbonyl (C=O) groups is 4. The lowest BCUT2D eigenvalue weighted by molar-refractivity contribution is -0.177. The molecule has 2 heterocycles. The van der Waals surface area contributed by atoms with Crippen LogP contribution in [0.5, 0.6) is 0 Å². The van der Waals surface area contributed by atoms with Gasteiger partial charge in [-0.25, -0.2) is 9.59 Å². The van der Waals surface area contributed by atoms with E-state index in [1.165, 1.54) is 0 Å². The van der Waals surface area contributed by atoms with E-state index in [0.717, 1.165) is 0 Å². The second kappa shape index (κ2) is 9.16. The smallest absolute Gasteiger partial charge is 0.425 e. The van der Waals surface area contributed by atoms with Crippen LogP contribution in [0.4, 0.5) is 0 Å². The van der Waals surface area contributed by atoms with Crippen molar-refractivity contribution in [2.45, 2.75) is 52.4 Å². The Morgan fingerprint density at radius 2 is 1.11 bits per heavy atom. The summed E-state index contributed by atoms with van der Waals surface area (Å²) in [7, 11) is 0. The van der Waals surface area contributed by atoms with Gasteiger partial charge in [-0.15, -0.1) is 0 Å². The molecule has 2 aromatic heterocycles. The third-order valence-electron chi connectivity index (χ3n) is 4.02. The molecule has 0 aliphatic heterocycles. The summed E-state index contributed by atoms with van der Waals surface area (Å²) in [5, 5.41) is 0. The van der Waals surface area contributed by atoms with Crippen LogP contribution in [0.1, 0.15) is 61.6 Å². The molecule has 0 aliphatic rings. The molecule has 8 heteroatoms. The molecule has 0 aromatic carbocycles. The average molecular weight is 390 g/mol. The van der Waals surface area contributed by atoms with Crippen molar-refractivity contribution >= 4 is 23.9 Å². The fraction of sp³-hybridized carbons (Fsp3) is 0.400. The van der Waals surface area contributed by atoms with Crippen LogP contribution < -0.4 is 0 Å². The van der Waals surface area contributed by atoms with Crippen LogP contribution in [0, 0.1) is 13.8 Å². The highest BCUT2D eigenvalue weighted by atomic mass is 16.6. The van der Waals surface area contributed by atoms with E-state index in [2.05, 4.69) is 9.47 Å². The first-order valence-electron chi connectivity index (χ1n) is 8.78. The lowest BCUT2D eigenvalue weighted by atomic mass is 10.1. The van der Waals surface area contributed by atoms with Crippen LogP contribution in [0.15, 0.2) is 33.1 Å². The van der Waals surface area contributed by atoms with Crippen molar-refractivity contribution in [2.75, 3.05) is 0 Å². The summed E-state index contributed by atoms with van der Waals surface area (Å²) in [6.07, 6.45) is -0.344. The average Bonchev–Trinajstić information content (AvgIpc) is 3.23. The number of esters is 4. The molecule has 0 spiro atoms. The Morgan fingerprint density at radius 1 is 0.750 bits per heavy atom. The van der Waals surface area contributed by atoms with Crippen molar-refractivity contribution in [1.29, 1.82) is 0 Å². The van der Waals surface area contributed by atoms with Crippen LogP contribution in [0.2, 0.25) is 0 Å². The Labute approximate surface area is 161 Å². The molecule has 0 radical (unpaired) electrons. The Kier molecular flexibility index (Phi) is 6.92. The summed E-state index contributed by atoms with van der Waals surface area (Å²) in [5.74, 6) is -3.12. The summed E-state index contributed by atoms with van der Waals surface area (Å²) < 4.78 is 19.7. The summed E-state index contributed by atoms with van der Waals surface area (Å²) in [6.45, 7) is 6.95. The van der Waals surface area contributed by atoms with Crippen molar-refractivity contribution in [2.24, 2.45) is 0 Å². The molecule has 2 atom stereocenters. The predicted octanol–water partition coefficient (Wildman–Crippen LogP) is 3.32. The van der Waals surface area contributed by atoms with Gasteiger partial charge in [0.05, 0.1) is 12.8 Å². The Hall–Kier alpha value is -3.16. The number of aryl methyl sites for hydroxylation is 2. The molecule has 0 saturated heterocycles. The highest BCUT2D eigenvalue weighted by Crippen LogP contribution is 2.23. The molecule has 150 valence electrons. The zero-order chi connectivity index (χ0) is 20.8. The monoisotopic (exact) mass is 390 g/mol. The fourth-order valence-electron chi connectivity index (χ4n) is 2.51. The standard InChI is InChI=1S/C20H22O8/c1-11(15-7-5-13(3)25-15)9-17(21)27-19(23)20(24)28-18(22)10-12(2)16-8-6-14(4)26-16/h5-8,11-12H,9-10H2,1-4H3. The van der Waals surface area contributed by atoms with Gasteiger partial charge in [0.15, 0.2) is 0 Å². The zero-order valence-electron chi connectivity index (χ0n) is 16.1. The van der Waals surface area contributed by atoms with Gasteiger partial charge in [0.2, 0.25) is 0 Å². The Balaban J connectivity index is 1.79. The Morgan fingerprint density at radius 3 is 1.39 bits per heavy atom. The van der Waals surface area contributed by atoms with E-state index >= 15 is 0 Å². The van der Waals surface area contributed by atoms with Gasteiger partial charge >= 0.3 is 23.9 Å². The minimum atomic E-state index is -1.54. The van der Waals surface area contributed by atoms with E-state index in [9.17, 15) is 19.2 Å². The van der Waals surface area contributed by atoms with Gasteiger partial charge in [-0.2, -0.15) is 0 Å². The minimum absolute atomic E-state index is 0.172. The van der Waals surface area contributed by atoms with Gasteiger partial charge in [0, 0.05) is 11.8 Å². The van der Waals surface area contributed by atoms with Crippen LogP contribution in [0.3, 0.4) is 0 Å². The minimum Gasteiger partial charge on any atom is -0.466 e. The Bertz CT molecular complexity index is 800. The van der Waals surface area contributed by atoms with Gasteiger partial charge in [0.1, 0.15) is 23.0 Å². The number of furan rings is 2. The summed E-state index contributed by atoms with van der Waals surface area (Å²) in [4.78, 5) is 46.9. The molecule has 0 aliphatic carbocycles. The van der Waals surface area contributed by atoms with Crippen LogP contribution in [-0.4, -0.2) is 23.9 Å². The maximum atomic E-state index is 11.8. The molecule has 8 nitrogen and oxygen atoms in total. The maximum absolute atomic E-state index is 11.8. The van der Waals surface area contributed by atoms with Crippen LogP contribution >= 0.6 is 0 Å². The first kappa shape index (κ1) is 21.1. The highest BCUT2D eigenvalue weighted by molar-refractivity contribution is 6.33. The SMILES string of the molecule is Cc1ccc(C(C)CC(=O)OC(=O)C(=O)OC(=O)CC(C)c2ccc(C)o2)o1. The number of carbonyl (C=O) groups excluding carboxylic acids is 4. The largest absolute Gasteiger partial charge is 0.466 e. The molecular weight excluding hydrogens is 368 g/mol. The molecule has 2 unspecified atom stereocenters. The quantitative estimate of drug-likeness (QED) is 0.419. The molecule has 28 heavy (non-hydrogen) atoms. The third-order valence-corrected chi connectivity index (χ3v) is 4.02. The fourth-order valence-corrected chi connectivity index (χ4v) is 2.51. The second-order valence-corrected chi connectivity index (χ2v) is 6.63. The van der Waals surface area contributed by atoms with E-state index in [-0.39, 0.29) is 24.7 Å². The molecule has 0 saturated carbocycles. The molecule has 2 aromatic rings. The van der Waals surface area contributed by atoms with Gasteiger partial charge in [-0.05, 0) is 38.1 Å². The first-order valence-corrected chi connectivity index (χ1v) is 8.78. The lowest BCUT2D eigenvalue weighted by Gasteiger charge is -2.09. The van der Waals surface area contributed by atoms with E-state index in [0.29, 0.717) is 23.0 Å². The second-order valence-electron chi connectivity index (χ2n) is 6.63. The normalized spacial score (nSPS) is 12.9. The molecule has 0 fully saturated rings. The van der Waals surface area contributed by atoms with Crippen LogP contribution in [0.25, 0.3) is 0 Å². The number of rotatable bonds is 6. The highest BCUT2D eigenvalue weighted by Gasteiger charge is 2.27. The summed E-state index contributed by atoms with van der Waals surface area (Å²) in [6, 6.07) is 6.92.